The molecule has 0 atom stereocenters. The molecule has 1 aliphatic rings. The van der Waals surface area contributed by atoms with Gasteiger partial charge in [0.15, 0.2) is 0 Å². The number of nitro groups is 1. The van der Waals surface area contributed by atoms with E-state index in [-0.39, 0.29) is 17.0 Å². The van der Waals surface area contributed by atoms with Crippen molar-refractivity contribution in [3.63, 3.8) is 0 Å². The molecule has 0 fully saturated rings. The maximum Gasteiger partial charge on any atom is 0.311 e. The molecule has 0 saturated heterocycles. The van der Waals surface area contributed by atoms with Gasteiger partial charge in [0.05, 0.1) is 9.83 Å². The number of allylic oxidation sites excluding steroid dienone is 1. The number of hydrogen-bond donors (Lipinski definition) is 1. The number of nitro benzene ring substituents is 1. The molecule has 2 aromatic rings. The molecule has 6 heteroatoms. The van der Waals surface area contributed by atoms with Crippen LogP contribution in [0.25, 0.3) is 6.08 Å². The number of Topliss-reactive ketones (excluding diaryl/α,β-unsaturated/α-hetero) is 1. The van der Waals surface area contributed by atoms with E-state index in [0.717, 1.165) is 4.90 Å². The molecule has 0 unspecified atom stereocenters. The average Bonchev–Trinajstić information content (AvgIpc) is 2.78. The zero-order valence-corrected chi connectivity index (χ0v) is 11.5. The molecule has 0 radical (unpaired) electrons. The van der Waals surface area contributed by atoms with Crippen LogP contribution in [0, 0.1) is 10.1 Å². The van der Waals surface area contributed by atoms with Gasteiger partial charge in [0, 0.05) is 22.1 Å². The van der Waals surface area contributed by atoms with E-state index in [1.54, 1.807) is 12.1 Å². The lowest BCUT2D eigenvalue weighted by Gasteiger charge is -2.01. The Morgan fingerprint density at radius 1 is 1.14 bits per heavy atom. The predicted molar refractivity (Wildman–Crippen MR) is 79.4 cm³/mol. The van der Waals surface area contributed by atoms with Gasteiger partial charge in [-0.25, -0.2) is 0 Å². The Morgan fingerprint density at radius 2 is 1.90 bits per heavy atom. The minimum Gasteiger partial charge on any atom is -0.502 e. The number of para-hydroxylation sites is 1. The summed E-state index contributed by atoms with van der Waals surface area (Å²) in [4.78, 5) is 23.7. The van der Waals surface area contributed by atoms with Gasteiger partial charge >= 0.3 is 5.69 Å². The number of phenols is 1. The summed E-state index contributed by atoms with van der Waals surface area (Å²) in [7, 11) is 0. The van der Waals surface area contributed by atoms with Crippen molar-refractivity contribution in [3.05, 3.63) is 68.6 Å². The molecule has 2 aromatic carbocycles. The lowest BCUT2D eigenvalue weighted by atomic mass is 10.1. The van der Waals surface area contributed by atoms with Gasteiger partial charge < -0.3 is 5.11 Å². The highest BCUT2D eigenvalue weighted by atomic mass is 32.2. The first-order valence-corrected chi connectivity index (χ1v) is 6.89. The summed E-state index contributed by atoms with van der Waals surface area (Å²) in [5.74, 6) is -0.569. The Kier molecular flexibility index (Phi) is 3.23. The van der Waals surface area contributed by atoms with E-state index >= 15 is 0 Å². The first-order chi connectivity index (χ1) is 10.1. The van der Waals surface area contributed by atoms with Gasteiger partial charge in [-0.3, -0.25) is 14.9 Å². The monoisotopic (exact) mass is 299 g/mol. The van der Waals surface area contributed by atoms with E-state index in [1.807, 2.05) is 12.1 Å². The average molecular weight is 299 g/mol. The summed E-state index contributed by atoms with van der Waals surface area (Å²) >= 11 is 1.29. The molecular formula is C15H9NO4S. The summed E-state index contributed by atoms with van der Waals surface area (Å²) in [5.41, 5.74) is 0.490. The van der Waals surface area contributed by atoms with Gasteiger partial charge in [0.2, 0.25) is 11.5 Å². The standard InChI is InChI=1S/C15H9NO4S/c17-14-9(4-3-6-11(14)16(19)20)8-13-15(18)10-5-1-2-7-12(10)21-13/h1-8,17H/b13-8-. The third kappa shape index (κ3) is 2.30. The maximum atomic E-state index is 12.2. The zero-order chi connectivity index (χ0) is 15.0. The molecule has 21 heavy (non-hydrogen) atoms. The van der Waals surface area contributed by atoms with Gasteiger partial charge in [-0.1, -0.05) is 36.0 Å². The van der Waals surface area contributed by atoms with E-state index in [4.69, 9.17) is 0 Å². The van der Waals surface area contributed by atoms with Gasteiger partial charge in [0.25, 0.3) is 0 Å². The Morgan fingerprint density at radius 3 is 2.62 bits per heavy atom. The minimum absolute atomic E-state index is 0.137. The summed E-state index contributed by atoms with van der Waals surface area (Å²) < 4.78 is 0. The summed E-state index contributed by atoms with van der Waals surface area (Å²) in [6.07, 6.45) is 1.48. The maximum absolute atomic E-state index is 12.2. The van der Waals surface area contributed by atoms with Crippen LogP contribution in [0.1, 0.15) is 15.9 Å². The Hall–Kier alpha value is -2.60. The topological polar surface area (TPSA) is 80.4 Å². The quantitative estimate of drug-likeness (QED) is 0.520. The number of hydrogen-bond acceptors (Lipinski definition) is 5. The molecule has 104 valence electrons. The smallest absolute Gasteiger partial charge is 0.311 e. The number of aromatic hydroxyl groups is 1. The van der Waals surface area contributed by atoms with E-state index in [0.29, 0.717) is 10.5 Å². The van der Waals surface area contributed by atoms with Crippen molar-refractivity contribution in [2.75, 3.05) is 0 Å². The summed E-state index contributed by atoms with van der Waals surface area (Å²) in [6, 6.07) is 11.4. The van der Waals surface area contributed by atoms with E-state index in [2.05, 4.69) is 0 Å². The van der Waals surface area contributed by atoms with Crippen LogP contribution in [-0.4, -0.2) is 15.8 Å². The zero-order valence-electron chi connectivity index (χ0n) is 10.6. The number of fused-ring (bicyclic) bond motifs is 1. The molecule has 1 aliphatic heterocycles. The molecule has 0 bridgehead atoms. The normalized spacial score (nSPS) is 15.2. The van der Waals surface area contributed by atoms with Gasteiger partial charge in [-0.05, 0) is 18.2 Å². The Bertz CT molecular complexity index is 798. The molecule has 1 heterocycles. The molecule has 0 amide bonds. The molecule has 0 saturated carbocycles. The van der Waals surface area contributed by atoms with Crippen molar-refractivity contribution < 1.29 is 14.8 Å². The van der Waals surface area contributed by atoms with Crippen molar-refractivity contribution >= 4 is 29.3 Å². The summed E-state index contributed by atoms with van der Waals surface area (Å²) in [6.45, 7) is 0. The fourth-order valence-corrected chi connectivity index (χ4v) is 3.13. The minimum atomic E-state index is -0.657. The number of carbonyl (C=O) groups excluding carboxylic acids is 1. The van der Waals surface area contributed by atoms with E-state index < -0.39 is 10.7 Å². The lowest BCUT2D eigenvalue weighted by molar-refractivity contribution is -0.385. The SMILES string of the molecule is O=C1/C(=C/c2cccc([N+](=O)[O-])c2O)Sc2ccccc21. The lowest BCUT2D eigenvalue weighted by Crippen LogP contribution is -1.94. The fraction of sp³-hybridized carbons (Fsp3) is 0. The first kappa shape index (κ1) is 13.4. The van der Waals surface area contributed by atoms with Crippen molar-refractivity contribution in [2.45, 2.75) is 4.90 Å². The molecule has 0 aromatic heterocycles. The second kappa shape index (κ2) is 5.06. The van der Waals surface area contributed by atoms with Crippen LogP contribution < -0.4 is 0 Å². The van der Waals surface area contributed by atoms with Gasteiger partial charge in [-0.2, -0.15) is 0 Å². The number of thioether (sulfide) groups is 1. The van der Waals surface area contributed by atoms with Crippen LogP contribution >= 0.6 is 11.8 Å². The molecule has 5 nitrogen and oxygen atoms in total. The van der Waals surface area contributed by atoms with Gasteiger partial charge in [-0.15, -0.1) is 0 Å². The van der Waals surface area contributed by atoms with Crippen molar-refractivity contribution in [3.8, 4) is 5.75 Å². The first-order valence-electron chi connectivity index (χ1n) is 6.07. The Balaban J connectivity index is 2.04. The van der Waals surface area contributed by atoms with E-state index in [1.165, 1.54) is 36.0 Å². The highest BCUT2D eigenvalue weighted by Crippen LogP contribution is 2.42. The van der Waals surface area contributed by atoms with Crippen LogP contribution in [0.5, 0.6) is 5.75 Å². The molecule has 0 aliphatic carbocycles. The Labute approximate surface area is 124 Å². The van der Waals surface area contributed by atoms with Crippen molar-refractivity contribution in [1.82, 2.24) is 0 Å². The van der Waals surface area contributed by atoms with Crippen molar-refractivity contribution in [1.29, 1.82) is 0 Å². The predicted octanol–water partition coefficient (Wildman–Crippen LogP) is 3.63. The third-order valence-electron chi connectivity index (χ3n) is 3.10. The van der Waals surface area contributed by atoms with Crippen LogP contribution in [0.2, 0.25) is 0 Å². The van der Waals surface area contributed by atoms with Crippen LogP contribution in [0.3, 0.4) is 0 Å². The van der Waals surface area contributed by atoms with Crippen LogP contribution in [0.4, 0.5) is 5.69 Å². The highest BCUT2D eigenvalue weighted by Gasteiger charge is 2.26. The van der Waals surface area contributed by atoms with Crippen LogP contribution in [-0.2, 0) is 0 Å². The van der Waals surface area contributed by atoms with Crippen LogP contribution in [0.15, 0.2) is 52.3 Å². The second-order valence-corrected chi connectivity index (χ2v) is 5.49. The molecule has 0 spiro atoms. The number of nitrogens with zero attached hydrogens (tertiary/aromatic N) is 1. The molecule has 3 rings (SSSR count). The second-order valence-electron chi connectivity index (χ2n) is 4.41. The largest absolute Gasteiger partial charge is 0.502 e. The summed E-state index contributed by atoms with van der Waals surface area (Å²) in [5, 5.41) is 20.7. The number of benzene rings is 2. The fourth-order valence-electron chi connectivity index (χ4n) is 2.09. The highest BCUT2D eigenvalue weighted by molar-refractivity contribution is 8.04. The van der Waals surface area contributed by atoms with Crippen molar-refractivity contribution in [2.24, 2.45) is 0 Å². The van der Waals surface area contributed by atoms with Gasteiger partial charge in [0.1, 0.15) is 0 Å². The van der Waals surface area contributed by atoms with E-state index in [9.17, 15) is 20.0 Å². The third-order valence-corrected chi connectivity index (χ3v) is 4.20. The number of phenolic OH excluding ortho intramolecular Hbond substituents is 1. The number of rotatable bonds is 2. The number of ketones is 1. The number of carbonyl (C=O) groups is 1. The molecular weight excluding hydrogens is 290 g/mol. The molecule has 1 N–H and O–H groups in total.